The molecule has 0 atom stereocenters. The molecule has 2 aromatic rings. The number of halogens is 2. The summed E-state index contributed by atoms with van der Waals surface area (Å²) in [4.78, 5) is 8.28. The number of nitrogens with zero attached hydrogens (tertiary/aromatic N) is 5. The van der Waals surface area contributed by atoms with Gasteiger partial charge in [-0.25, -0.2) is 9.97 Å². The number of thioether (sulfide) groups is 2. The molecule has 0 fully saturated rings. The lowest BCUT2D eigenvalue weighted by atomic mass is 10.1. The van der Waals surface area contributed by atoms with Gasteiger partial charge in [-0.15, -0.1) is 0 Å². The van der Waals surface area contributed by atoms with Crippen LogP contribution in [0.4, 0.5) is 0 Å². The Balaban J connectivity index is 2.08. The lowest BCUT2D eigenvalue weighted by molar-refractivity contribution is 0.902. The number of hydrogen-bond donors (Lipinski definition) is 0. The van der Waals surface area contributed by atoms with Crippen LogP contribution < -0.4 is 0 Å². The van der Waals surface area contributed by atoms with Gasteiger partial charge >= 0.3 is 0 Å². The van der Waals surface area contributed by atoms with Crippen molar-refractivity contribution in [2.24, 2.45) is 0 Å². The first-order chi connectivity index (χ1) is 11.6. The van der Waals surface area contributed by atoms with E-state index in [1.165, 1.54) is 23.5 Å². The molecular formula is C15H3Cl2N5S2. The summed E-state index contributed by atoms with van der Waals surface area (Å²) in [6, 6.07) is 10.8. The van der Waals surface area contributed by atoms with E-state index in [-0.39, 0.29) is 11.4 Å². The zero-order chi connectivity index (χ0) is 17.3. The highest BCUT2D eigenvalue weighted by atomic mass is 35.5. The molecular weight excluding hydrogens is 385 g/mol. The maximum atomic E-state index is 9.52. The molecule has 1 aromatic heterocycles. The van der Waals surface area contributed by atoms with E-state index in [1.807, 2.05) is 12.1 Å². The summed E-state index contributed by atoms with van der Waals surface area (Å²) in [5.74, 6) is 0. The fraction of sp³-hybridized carbons (Fsp3) is 0. The van der Waals surface area contributed by atoms with E-state index < -0.39 is 0 Å². The molecule has 24 heavy (non-hydrogen) atoms. The third kappa shape index (κ3) is 2.94. The van der Waals surface area contributed by atoms with Crippen LogP contribution in [0.15, 0.2) is 32.5 Å². The number of fused-ring (bicyclic) bond motifs is 1. The molecule has 0 unspecified atom stereocenters. The maximum absolute atomic E-state index is 9.52. The fourth-order valence-electron chi connectivity index (χ4n) is 1.87. The quantitative estimate of drug-likeness (QED) is 0.658. The normalized spacial score (nSPS) is 12.0. The Bertz CT molecular complexity index is 983. The molecule has 3 rings (SSSR count). The highest BCUT2D eigenvalue weighted by Gasteiger charge is 2.27. The van der Waals surface area contributed by atoms with E-state index >= 15 is 0 Å². The average Bonchev–Trinajstić information content (AvgIpc) is 2.99. The number of hydrogen-bond acceptors (Lipinski definition) is 7. The summed E-state index contributed by atoms with van der Waals surface area (Å²) in [5, 5.41) is 29.3. The van der Waals surface area contributed by atoms with Gasteiger partial charge in [0.2, 0.25) is 0 Å². The molecule has 114 valence electrons. The molecule has 0 spiro atoms. The third-order valence-electron chi connectivity index (χ3n) is 2.95. The second kappa shape index (κ2) is 6.73. The monoisotopic (exact) mass is 387 g/mol. The molecule has 5 nitrogen and oxygen atoms in total. The van der Waals surface area contributed by atoms with Crippen molar-refractivity contribution in [1.29, 1.82) is 15.8 Å². The van der Waals surface area contributed by atoms with Gasteiger partial charge in [0, 0.05) is 0 Å². The molecule has 0 amide bonds. The maximum Gasteiger partial charge on any atom is 0.178 e. The van der Waals surface area contributed by atoms with Crippen LogP contribution in [-0.2, 0) is 0 Å². The van der Waals surface area contributed by atoms with E-state index in [1.54, 1.807) is 18.2 Å². The van der Waals surface area contributed by atoms with Crippen LogP contribution in [-0.4, -0.2) is 9.97 Å². The van der Waals surface area contributed by atoms with Gasteiger partial charge in [0.1, 0.15) is 28.3 Å². The van der Waals surface area contributed by atoms with E-state index in [9.17, 15) is 5.26 Å². The summed E-state index contributed by atoms with van der Waals surface area (Å²) >= 11 is 14.4. The largest absolute Gasteiger partial charge is 0.224 e. The Hall–Kier alpha value is -2.21. The van der Waals surface area contributed by atoms with Gasteiger partial charge in [0.15, 0.2) is 11.4 Å². The Morgan fingerprint density at radius 1 is 0.917 bits per heavy atom. The van der Waals surface area contributed by atoms with Crippen molar-refractivity contribution in [2.75, 3.05) is 0 Å². The Kier molecular flexibility index (Phi) is 4.66. The van der Waals surface area contributed by atoms with Crippen molar-refractivity contribution in [3.05, 3.63) is 49.4 Å². The highest BCUT2D eigenvalue weighted by Crippen LogP contribution is 2.52. The van der Waals surface area contributed by atoms with E-state index in [2.05, 4.69) is 16.0 Å². The second-order valence-electron chi connectivity index (χ2n) is 4.36. The van der Waals surface area contributed by atoms with Crippen molar-refractivity contribution in [1.82, 2.24) is 9.97 Å². The number of rotatable bonds is 1. The second-order valence-corrected chi connectivity index (χ2v) is 7.43. The van der Waals surface area contributed by atoms with Gasteiger partial charge in [-0.1, -0.05) is 52.8 Å². The number of allylic oxidation sites excluding steroid dienone is 1. The van der Waals surface area contributed by atoms with Gasteiger partial charge in [0.05, 0.1) is 19.9 Å². The zero-order valence-corrected chi connectivity index (χ0v) is 14.7. The number of aromatic nitrogens is 2. The van der Waals surface area contributed by atoms with Gasteiger partial charge in [-0.05, 0) is 17.7 Å². The first-order valence-corrected chi connectivity index (χ1v) is 8.64. The molecule has 0 saturated heterocycles. The van der Waals surface area contributed by atoms with Gasteiger partial charge in [-0.3, -0.25) is 0 Å². The first-order valence-electron chi connectivity index (χ1n) is 6.25. The van der Waals surface area contributed by atoms with Crippen molar-refractivity contribution in [2.45, 2.75) is 10.1 Å². The molecule has 0 N–H and O–H groups in total. The van der Waals surface area contributed by atoms with Gasteiger partial charge in [-0.2, -0.15) is 15.8 Å². The fourth-order valence-corrected chi connectivity index (χ4v) is 4.48. The minimum Gasteiger partial charge on any atom is -0.224 e. The molecule has 0 aliphatic carbocycles. The van der Waals surface area contributed by atoms with E-state index in [4.69, 9.17) is 33.7 Å². The predicted molar refractivity (Wildman–Crippen MR) is 92.2 cm³/mol. The molecule has 1 aliphatic rings. The lowest BCUT2D eigenvalue weighted by Gasteiger charge is -2.04. The number of nitriles is 3. The molecule has 9 heteroatoms. The Morgan fingerprint density at radius 3 is 1.96 bits per heavy atom. The van der Waals surface area contributed by atoms with Crippen molar-refractivity contribution in [3.63, 3.8) is 0 Å². The average molecular weight is 388 g/mol. The van der Waals surface area contributed by atoms with E-state index in [0.29, 0.717) is 35.5 Å². The predicted octanol–water partition coefficient (Wildman–Crippen LogP) is 4.62. The first kappa shape index (κ1) is 16.6. The summed E-state index contributed by atoms with van der Waals surface area (Å²) in [7, 11) is 0. The Labute approximate surface area is 155 Å². The summed E-state index contributed by atoms with van der Waals surface area (Å²) < 4.78 is 0.657. The Morgan fingerprint density at radius 2 is 1.50 bits per heavy atom. The van der Waals surface area contributed by atoms with Crippen molar-refractivity contribution < 1.29 is 0 Å². The van der Waals surface area contributed by atoms with Crippen LogP contribution in [0.3, 0.4) is 0 Å². The van der Waals surface area contributed by atoms with Gasteiger partial charge < -0.3 is 0 Å². The summed E-state index contributed by atoms with van der Waals surface area (Å²) in [6.07, 6.45) is 0. The standard InChI is InChI=1S/C15H3Cl2N5S2/c16-9-2-1-7(3-10(9)17)8(4-18)15-23-13-14(24-15)22-12(6-20)11(5-19)21-13/h1-3H. The zero-order valence-electron chi connectivity index (χ0n) is 11.5. The topological polar surface area (TPSA) is 97.1 Å². The highest BCUT2D eigenvalue weighted by molar-refractivity contribution is 8.24. The van der Waals surface area contributed by atoms with Crippen LogP contribution in [0, 0.1) is 34.0 Å². The van der Waals surface area contributed by atoms with Crippen molar-refractivity contribution >= 4 is 52.3 Å². The molecule has 0 saturated carbocycles. The minimum atomic E-state index is -0.0290. The van der Waals surface area contributed by atoms with Crippen LogP contribution >= 0.6 is 46.7 Å². The molecule has 1 aliphatic heterocycles. The van der Waals surface area contributed by atoms with Crippen LogP contribution in [0.5, 0.6) is 0 Å². The molecule has 1 aromatic carbocycles. The summed E-state index contributed by atoms with van der Waals surface area (Å²) in [6.45, 7) is 0. The SMILES string of the molecule is N#CC(=C1Sc2nc(C#N)c(C#N)nc2S1)c1ccc(Cl)c(Cl)c1. The molecule has 2 heterocycles. The molecule has 0 bridgehead atoms. The number of benzene rings is 1. The molecule has 0 radical (unpaired) electrons. The lowest BCUT2D eigenvalue weighted by Crippen LogP contribution is -1.96. The van der Waals surface area contributed by atoms with Crippen LogP contribution in [0.2, 0.25) is 10.0 Å². The van der Waals surface area contributed by atoms with Gasteiger partial charge in [0.25, 0.3) is 0 Å². The summed E-state index contributed by atoms with van der Waals surface area (Å²) in [5.41, 5.74) is 0.966. The smallest absolute Gasteiger partial charge is 0.178 e. The minimum absolute atomic E-state index is 0.0290. The van der Waals surface area contributed by atoms with Crippen molar-refractivity contribution in [3.8, 4) is 18.2 Å². The van der Waals surface area contributed by atoms with Crippen LogP contribution in [0.1, 0.15) is 17.0 Å². The van der Waals surface area contributed by atoms with Crippen LogP contribution in [0.25, 0.3) is 5.57 Å². The third-order valence-corrected chi connectivity index (χ3v) is 6.05. The van der Waals surface area contributed by atoms with E-state index in [0.717, 1.165) is 0 Å².